The molecular formula is C16H22ClN3O2S. The average Bonchev–Trinajstić information content (AvgIpc) is 2.57. The molecule has 0 saturated carbocycles. The smallest absolute Gasteiger partial charge is 0.317 e. The maximum atomic E-state index is 12.2. The van der Waals surface area contributed by atoms with Crippen LogP contribution in [0, 0.1) is 0 Å². The molecule has 3 amide bonds. The second kappa shape index (κ2) is 9.03. The third-order valence-electron chi connectivity index (χ3n) is 3.66. The van der Waals surface area contributed by atoms with E-state index in [-0.39, 0.29) is 11.9 Å². The monoisotopic (exact) mass is 355 g/mol. The van der Waals surface area contributed by atoms with E-state index in [1.54, 1.807) is 16.7 Å². The maximum Gasteiger partial charge on any atom is 0.317 e. The summed E-state index contributed by atoms with van der Waals surface area (Å²) in [6.07, 6.45) is 0.483. The molecule has 1 aliphatic heterocycles. The molecular weight excluding hydrogens is 334 g/mol. The minimum Gasteiger partial charge on any atom is -0.339 e. The number of urea groups is 1. The molecule has 0 atom stereocenters. The highest BCUT2D eigenvalue weighted by Crippen LogP contribution is 2.27. The number of benzene rings is 1. The van der Waals surface area contributed by atoms with Gasteiger partial charge in [-0.25, -0.2) is 4.79 Å². The van der Waals surface area contributed by atoms with Crippen LogP contribution in [0.5, 0.6) is 0 Å². The molecule has 1 aliphatic rings. The molecule has 0 spiro atoms. The van der Waals surface area contributed by atoms with Gasteiger partial charge in [-0.2, -0.15) is 0 Å². The van der Waals surface area contributed by atoms with Gasteiger partial charge >= 0.3 is 6.03 Å². The molecule has 0 radical (unpaired) electrons. The maximum absolute atomic E-state index is 12.2. The molecule has 1 saturated heterocycles. The van der Waals surface area contributed by atoms with Crippen LogP contribution in [0.15, 0.2) is 29.2 Å². The van der Waals surface area contributed by atoms with Gasteiger partial charge in [0.25, 0.3) is 0 Å². The summed E-state index contributed by atoms with van der Waals surface area (Å²) < 4.78 is 0. The van der Waals surface area contributed by atoms with Gasteiger partial charge in [0.15, 0.2) is 0 Å². The fourth-order valence-electron chi connectivity index (χ4n) is 2.39. The van der Waals surface area contributed by atoms with E-state index in [4.69, 9.17) is 11.6 Å². The molecule has 1 heterocycles. The van der Waals surface area contributed by atoms with Crippen LogP contribution in [0.1, 0.15) is 13.3 Å². The molecule has 126 valence electrons. The molecule has 0 unspecified atom stereocenters. The van der Waals surface area contributed by atoms with E-state index in [0.29, 0.717) is 44.9 Å². The lowest BCUT2D eigenvalue weighted by atomic mass is 10.3. The predicted molar refractivity (Wildman–Crippen MR) is 94.0 cm³/mol. The van der Waals surface area contributed by atoms with Gasteiger partial charge in [-0.15, -0.1) is 11.8 Å². The van der Waals surface area contributed by atoms with E-state index < -0.39 is 0 Å². The van der Waals surface area contributed by atoms with Crippen molar-refractivity contribution in [1.29, 1.82) is 0 Å². The van der Waals surface area contributed by atoms with Crippen molar-refractivity contribution in [3.8, 4) is 0 Å². The summed E-state index contributed by atoms with van der Waals surface area (Å²) in [6.45, 7) is 4.91. The van der Waals surface area contributed by atoms with Crippen molar-refractivity contribution in [2.45, 2.75) is 18.2 Å². The van der Waals surface area contributed by atoms with Crippen molar-refractivity contribution in [1.82, 2.24) is 15.1 Å². The summed E-state index contributed by atoms with van der Waals surface area (Å²) in [7, 11) is 0. The Hall–Kier alpha value is -1.40. The number of rotatable bonds is 5. The molecule has 1 aromatic rings. The Morgan fingerprint density at radius 1 is 1.17 bits per heavy atom. The van der Waals surface area contributed by atoms with Crippen molar-refractivity contribution in [2.24, 2.45) is 0 Å². The van der Waals surface area contributed by atoms with Crippen LogP contribution >= 0.6 is 23.4 Å². The van der Waals surface area contributed by atoms with Crippen LogP contribution in [0.25, 0.3) is 0 Å². The van der Waals surface area contributed by atoms with Crippen LogP contribution in [-0.4, -0.2) is 60.2 Å². The number of nitrogens with zero attached hydrogens (tertiary/aromatic N) is 2. The molecule has 2 rings (SSSR count). The van der Waals surface area contributed by atoms with Crippen LogP contribution in [0.4, 0.5) is 4.79 Å². The van der Waals surface area contributed by atoms with Crippen molar-refractivity contribution >= 4 is 35.3 Å². The zero-order valence-corrected chi connectivity index (χ0v) is 14.8. The van der Waals surface area contributed by atoms with E-state index in [2.05, 4.69) is 5.32 Å². The number of hydrogen-bond donors (Lipinski definition) is 1. The van der Waals surface area contributed by atoms with Gasteiger partial charge in [0.1, 0.15) is 0 Å². The lowest BCUT2D eigenvalue weighted by Crippen LogP contribution is -2.53. The summed E-state index contributed by atoms with van der Waals surface area (Å²) in [6, 6.07) is 7.60. The van der Waals surface area contributed by atoms with E-state index in [9.17, 15) is 9.59 Å². The molecule has 1 aromatic carbocycles. The van der Waals surface area contributed by atoms with Crippen LogP contribution in [0.3, 0.4) is 0 Å². The van der Waals surface area contributed by atoms with E-state index in [1.165, 1.54) is 0 Å². The first-order valence-corrected chi connectivity index (χ1v) is 9.16. The fraction of sp³-hybridized carbons (Fsp3) is 0.500. The standard InChI is InChI=1S/C16H22ClN3O2S/c1-2-18-16(22)20-10-8-19(9-11-20)15(21)7-12-23-14-6-4-3-5-13(14)17/h3-6H,2,7-12H2,1H3,(H,18,22). The first kappa shape index (κ1) is 17.9. The predicted octanol–water partition coefficient (Wildman–Crippen LogP) is 2.70. The normalized spacial score (nSPS) is 14.7. The number of amides is 3. The van der Waals surface area contributed by atoms with Crippen molar-refractivity contribution in [3.05, 3.63) is 29.3 Å². The molecule has 1 N–H and O–H groups in total. The Morgan fingerprint density at radius 2 is 1.83 bits per heavy atom. The quantitative estimate of drug-likeness (QED) is 0.826. The van der Waals surface area contributed by atoms with Crippen molar-refractivity contribution in [3.63, 3.8) is 0 Å². The van der Waals surface area contributed by atoms with Gasteiger partial charge < -0.3 is 15.1 Å². The number of carbonyl (C=O) groups excluding carboxylic acids is 2. The Balaban J connectivity index is 1.71. The third-order valence-corrected chi connectivity index (χ3v) is 5.17. The summed E-state index contributed by atoms with van der Waals surface area (Å²) >= 11 is 7.70. The van der Waals surface area contributed by atoms with E-state index in [0.717, 1.165) is 9.92 Å². The average molecular weight is 356 g/mol. The Kier molecular flexibility index (Phi) is 7.05. The van der Waals surface area contributed by atoms with E-state index >= 15 is 0 Å². The number of nitrogens with one attached hydrogen (secondary N) is 1. The van der Waals surface area contributed by atoms with Gasteiger partial charge in [-0.1, -0.05) is 23.7 Å². The Morgan fingerprint density at radius 3 is 2.48 bits per heavy atom. The molecule has 7 heteroatoms. The second-order valence-electron chi connectivity index (χ2n) is 5.23. The van der Waals surface area contributed by atoms with Crippen molar-refractivity contribution < 1.29 is 9.59 Å². The lowest BCUT2D eigenvalue weighted by molar-refractivity contribution is -0.132. The highest BCUT2D eigenvalue weighted by atomic mass is 35.5. The van der Waals surface area contributed by atoms with Gasteiger partial charge in [0, 0.05) is 49.8 Å². The number of carbonyl (C=O) groups is 2. The lowest BCUT2D eigenvalue weighted by Gasteiger charge is -2.34. The second-order valence-corrected chi connectivity index (χ2v) is 6.78. The van der Waals surface area contributed by atoms with Gasteiger partial charge in [0.05, 0.1) is 5.02 Å². The molecule has 23 heavy (non-hydrogen) atoms. The third kappa shape index (κ3) is 5.32. The van der Waals surface area contributed by atoms with Crippen LogP contribution in [-0.2, 0) is 4.79 Å². The van der Waals surface area contributed by atoms with Gasteiger partial charge in [-0.05, 0) is 19.1 Å². The zero-order chi connectivity index (χ0) is 16.7. The number of piperazine rings is 1. The first-order valence-electron chi connectivity index (χ1n) is 7.79. The summed E-state index contributed by atoms with van der Waals surface area (Å²) in [5.41, 5.74) is 0. The number of hydrogen-bond acceptors (Lipinski definition) is 3. The molecule has 1 fully saturated rings. The number of thioether (sulfide) groups is 1. The highest BCUT2D eigenvalue weighted by molar-refractivity contribution is 7.99. The van der Waals surface area contributed by atoms with Crippen molar-refractivity contribution in [2.75, 3.05) is 38.5 Å². The first-order chi connectivity index (χ1) is 11.1. The zero-order valence-electron chi connectivity index (χ0n) is 13.3. The SMILES string of the molecule is CCNC(=O)N1CCN(C(=O)CCSc2ccccc2Cl)CC1. The van der Waals surface area contributed by atoms with Crippen LogP contribution < -0.4 is 5.32 Å². The fourth-order valence-corrected chi connectivity index (χ4v) is 3.57. The molecule has 0 aromatic heterocycles. The largest absolute Gasteiger partial charge is 0.339 e. The Bertz CT molecular complexity index is 548. The molecule has 0 bridgehead atoms. The van der Waals surface area contributed by atoms with E-state index in [1.807, 2.05) is 36.1 Å². The summed E-state index contributed by atoms with van der Waals surface area (Å²) in [4.78, 5) is 28.6. The minimum atomic E-state index is -0.0473. The van der Waals surface area contributed by atoms with Crippen LogP contribution in [0.2, 0.25) is 5.02 Å². The van der Waals surface area contributed by atoms with Gasteiger partial charge in [-0.3, -0.25) is 4.79 Å². The summed E-state index contributed by atoms with van der Waals surface area (Å²) in [5.74, 6) is 0.846. The minimum absolute atomic E-state index is 0.0473. The topological polar surface area (TPSA) is 52.7 Å². The molecule has 0 aliphatic carbocycles. The highest BCUT2D eigenvalue weighted by Gasteiger charge is 2.23. The van der Waals surface area contributed by atoms with Gasteiger partial charge in [0.2, 0.25) is 5.91 Å². The number of halogens is 1. The summed E-state index contributed by atoms with van der Waals surface area (Å²) in [5, 5.41) is 3.51. The molecule has 5 nitrogen and oxygen atoms in total. The Labute approximate surface area is 146 Å².